The van der Waals surface area contributed by atoms with E-state index in [9.17, 15) is 4.79 Å². The minimum absolute atomic E-state index is 0.0525. The fraction of sp³-hybridized carbons (Fsp3) is 0.160. The highest BCUT2D eigenvalue weighted by molar-refractivity contribution is 6.15. The minimum Gasteiger partial charge on any atom is -0.497 e. The average Bonchev–Trinajstić information content (AvgIpc) is 3.23. The number of para-hydroxylation sites is 1. The number of ether oxygens (including phenoxy) is 2. The molecule has 1 heterocycles. The second-order valence-corrected chi connectivity index (χ2v) is 7.39. The van der Waals surface area contributed by atoms with Crippen LogP contribution in [-0.2, 0) is 10.2 Å². The van der Waals surface area contributed by atoms with Gasteiger partial charge < -0.3 is 14.4 Å². The third kappa shape index (κ3) is 2.29. The van der Waals surface area contributed by atoms with Crippen LogP contribution in [0.15, 0.2) is 72.8 Å². The zero-order valence-electron chi connectivity index (χ0n) is 16.6. The molecule has 1 aliphatic heterocycles. The van der Waals surface area contributed by atoms with E-state index in [1.807, 2.05) is 73.8 Å². The predicted octanol–water partition coefficient (Wildman–Crippen LogP) is 4.41. The van der Waals surface area contributed by atoms with Gasteiger partial charge in [-0.15, -0.1) is 0 Å². The summed E-state index contributed by atoms with van der Waals surface area (Å²) in [6.45, 7) is 0. The van der Waals surface area contributed by atoms with Crippen molar-refractivity contribution in [3.05, 3.63) is 95.1 Å². The van der Waals surface area contributed by atoms with Gasteiger partial charge in [-0.3, -0.25) is 4.79 Å². The Labute approximate surface area is 170 Å². The monoisotopic (exact) mass is 383 g/mol. The molecule has 0 bridgehead atoms. The number of benzene rings is 3. The van der Waals surface area contributed by atoms with E-state index < -0.39 is 5.41 Å². The molecule has 0 aromatic heterocycles. The highest BCUT2D eigenvalue weighted by Gasteiger charge is 2.53. The molecule has 1 atom stereocenters. The summed E-state index contributed by atoms with van der Waals surface area (Å²) in [5, 5.41) is 0. The second kappa shape index (κ2) is 6.24. The van der Waals surface area contributed by atoms with E-state index >= 15 is 0 Å². The van der Waals surface area contributed by atoms with Gasteiger partial charge in [0.25, 0.3) is 0 Å². The summed E-state index contributed by atoms with van der Waals surface area (Å²) in [6, 6.07) is 22.0. The van der Waals surface area contributed by atoms with Crippen LogP contribution in [0.1, 0.15) is 22.3 Å². The maximum Gasteiger partial charge on any atom is 0.245 e. The molecule has 0 radical (unpaired) electrons. The smallest absolute Gasteiger partial charge is 0.245 e. The van der Waals surface area contributed by atoms with Crippen molar-refractivity contribution in [3.63, 3.8) is 0 Å². The first-order valence-corrected chi connectivity index (χ1v) is 9.54. The van der Waals surface area contributed by atoms with Gasteiger partial charge in [-0.2, -0.15) is 0 Å². The Bertz CT molecular complexity index is 1160. The molecule has 0 N–H and O–H groups in total. The molecule has 0 saturated heterocycles. The summed E-state index contributed by atoms with van der Waals surface area (Å²) >= 11 is 0. The summed E-state index contributed by atoms with van der Waals surface area (Å²) in [5.74, 6) is 1.60. The standard InChI is InChI=1S/C25H21NO3/c1-26-23-7-5-4-6-21(23)25(24(26)27)15-20(16-8-10-17(28-2)11-9-16)19-13-12-18(29-3)14-22(19)25/h4-15H,1-3H3. The molecule has 4 nitrogen and oxygen atoms in total. The van der Waals surface area contributed by atoms with Crippen LogP contribution in [0.25, 0.3) is 5.57 Å². The van der Waals surface area contributed by atoms with Crippen LogP contribution in [0, 0.1) is 0 Å². The summed E-state index contributed by atoms with van der Waals surface area (Å²) in [7, 11) is 5.15. The number of nitrogens with zero attached hydrogens (tertiary/aromatic N) is 1. The number of methoxy groups -OCH3 is 2. The lowest BCUT2D eigenvalue weighted by Crippen LogP contribution is -2.37. The van der Waals surface area contributed by atoms with Gasteiger partial charge in [0.15, 0.2) is 0 Å². The molecule has 1 spiro atoms. The van der Waals surface area contributed by atoms with E-state index in [0.29, 0.717) is 0 Å². The van der Waals surface area contributed by atoms with Gasteiger partial charge >= 0.3 is 0 Å². The van der Waals surface area contributed by atoms with Crippen LogP contribution >= 0.6 is 0 Å². The molecular formula is C25H21NO3. The van der Waals surface area contributed by atoms with Gasteiger partial charge in [0.1, 0.15) is 16.9 Å². The molecule has 1 unspecified atom stereocenters. The third-order valence-electron chi connectivity index (χ3n) is 6.04. The van der Waals surface area contributed by atoms with E-state index in [1.54, 1.807) is 19.1 Å². The predicted molar refractivity (Wildman–Crippen MR) is 114 cm³/mol. The van der Waals surface area contributed by atoms with Crippen LogP contribution in [0.2, 0.25) is 0 Å². The van der Waals surface area contributed by atoms with Crippen molar-refractivity contribution in [1.29, 1.82) is 0 Å². The number of carbonyl (C=O) groups excluding carboxylic acids is 1. The molecule has 3 aromatic rings. The van der Waals surface area contributed by atoms with E-state index in [-0.39, 0.29) is 5.91 Å². The van der Waals surface area contributed by atoms with Gasteiger partial charge in [-0.1, -0.05) is 42.5 Å². The lowest BCUT2D eigenvalue weighted by molar-refractivity contribution is -0.120. The average molecular weight is 383 g/mol. The lowest BCUT2D eigenvalue weighted by atomic mass is 9.77. The number of fused-ring (bicyclic) bond motifs is 4. The Morgan fingerprint density at radius 2 is 1.52 bits per heavy atom. The Kier molecular flexibility index (Phi) is 3.78. The second-order valence-electron chi connectivity index (χ2n) is 7.39. The van der Waals surface area contributed by atoms with Gasteiger partial charge in [0.2, 0.25) is 5.91 Å². The van der Waals surface area contributed by atoms with Crippen molar-refractivity contribution in [2.24, 2.45) is 0 Å². The molecule has 29 heavy (non-hydrogen) atoms. The van der Waals surface area contributed by atoms with E-state index in [2.05, 4.69) is 6.08 Å². The Balaban J connectivity index is 1.80. The van der Waals surface area contributed by atoms with Crippen molar-refractivity contribution in [2.75, 3.05) is 26.2 Å². The molecule has 0 fully saturated rings. The highest BCUT2D eigenvalue weighted by atomic mass is 16.5. The first kappa shape index (κ1) is 17.6. The molecular weight excluding hydrogens is 362 g/mol. The Morgan fingerprint density at radius 1 is 0.828 bits per heavy atom. The largest absolute Gasteiger partial charge is 0.497 e. The molecule has 1 amide bonds. The maximum atomic E-state index is 13.6. The first-order valence-electron chi connectivity index (χ1n) is 9.54. The van der Waals surface area contributed by atoms with Crippen molar-refractivity contribution in [3.8, 4) is 11.5 Å². The molecule has 2 aliphatic rings. The summed E-state index contributed by atoms with van der Waals surface area (Å²) in [6.07, 6.45) is 2.11. The molecule has 0 saturated carbocycles. The number of rotatable bonds is 3. The van der Waals surface area contributed by atoms with Crippen molar-refractivity contribution in [1.82, 2.24) is 0 Å². The summed E-state index contributed by atoms with van der Waals surface area (Å²) < 4.78 is 10.8. The molecule has 4 heteroatoms. The fourth-order valence-corrected chi connectivity index (χ4v) is 4.58. The number of hydrogen-bond donors (Lipinski definition) is 0. The number of amides is 1. The molecule has 5 rings (SSSR count). The SMILES string of the molecule is COc1ccc(C2=CC3(C(=O)N(C)c4ccccc43)c3cc(OC)ccc32)cc1. The van der Waals surface area contributed by atoms with E-state index in [1.165, 1.54) is 0 Å². The van der Waals surface area contributed by atoms with Gasteiger partial charge in [0.05, 0.1) is 14.2 Å². The van der Waals surface area contributed by atoms with E-state index in [4.69, 9.17) is 9.47 Å². The van der Waals surface area contributed by atoms with Gasteiger partial charge in [-0.25, -0.2) is 0 Å². The number of hydrogen-bond acceptors (Lipinski definition) is 3. The summed E-state index contributed by atoms with van der Waals surface area (Å²) in [4.78, 5) is 15.4. The van der Waals surface area contributed by atoms with E-state index in [0.717, 1.165) is 45.0 Å². The Morgan fingerprint density at radius 3 is 2.24 bits per heavy atom. The van der Waals surface area contributed by atoms with Gasteiger partial charge in [-0.05, 0) is 58.2 Å². The van der Waals surface area contributed by atoms with Crippen molar-refractivity contribution in [2.45, 2.75) is 5.41 Å². The zero-order chi connectivity index (χ0) is 20.2. The summed E-state index contributed by atoms with van der Waals surface area (Å²) in [5.41, 5.74) is 5.21. The quantitative estimate of drug-likeness (QED) is 0.672. The normalized spacial score (nSPS) is 19.2. The molecule has 144 valence electrons. The fourth-order valence-electron chi connectivity index (χ4n) is 4.58. The molecule has 3 aromatic carbocycles. The Hall–Kier alpha value is -3.53. The number of anilines is 1. The minimum atomic E-state index is -0.843. The lowest BCUT2D eigenvalue weighted by Gasteiger charge is -2.23. The van der Waals surface area contributed by atoms with Crippen LogP contribution in [0.4, 0.5) is 5.69 Å². The van der Waals surface area contributed by atoms with Crippen LogP contribution in [0.3, 0.4) is 0 Å². The molecule has 1 aliphatic carbocycles. The number of likely N-dealkylation sites (N-methyl/N-ethyl adjacent to an activating group) is 1. The highest BCUT2D eigenvalue weighted by Crippen LogP contribution is 2.54. The van der Waals surface area contributed by atoms with Gasteiger partial charge in [0, 0.05) is 12.7 Å². The third-order valence-corrected chi connectivity index (χ3v) is 6.04. The number of carbonyl (C=O) groups is 1. The zero-order valence-corrected chi connectivity index (χ0v) is 16.6. The first-order chi connectivity index (χ1) is 14.1. The van der Waals surface area contributed by atoms with Crippen LogP contribution < -0.4 is 14.4 Å². The topological polar surface area (TPSA) is 38.8 Å². The van der Waals surface area contributed by atoms with Crippen molar-refractivity contribution < 1.29 is 14.3 Å². The van der Waals surface area contributed by atoms with Crippen LogP contribution in [0.5, 0.6) is 11.5 Å². The van der Waals surface area contributed by atoms with Crippen LogP contribution in [-0.4, -0.2) is 27.2 Å². The maximum absolute atomic E-state index is 13.6. The van der Waals surface area contributed by atoms with Crippen molar-refractivity contribution >= 4 is 17.2 Å².